The predicted octanol–water partition coefficient (Wildman–Crippen LogP) is 12.5. The Morgan fingerprint density at radius 1 is 0.553 bits per heavy atom. The third-order valence-electron chi connectivity index (χ3n) is 9.53. The number of carbonyl (C=O) groups is 1. The van der Waals surface area contributed by atoms with E-state index < -0.39 is 0 Å². The van der Waals surface area contributed by atoms with E-state index in [1.165, 1.54) is 128 Å². The van der Waals surface area contributed by atoms with Crippen molar-refractivity contribution in [2.75, 3.05) is 32.8 Å². The topological polar surface area (TPSA) is 59.0 Å². The van der Waals surface area contributed by atoms with Crippen LogP contribution in [-0.2, 0) is 14.3 Å². The lowest BCUT2D eigenvalue weighted by molar-refractivity contribution is -0.150. The van der Waals surface area contributed by atoms with Gasteiger partial charge < -0.3 is 19.5 Å². The van der Waals surface area contributed by atoms with Crippen LogP contribution in [0.5, 0.6) is 0 Å². The average Bonchev–Trinajstić information content (AvgIpc) is 3.07. The number of carbonyl (C=O) groups excluding carboxylic acids is 1. The van der Waals surface area contributed by atoms with Crippen molar-refractivity contribution in [3.05, 3.63) is 12.3 Å². The number of allylic oxidation sites excluding steroid dienone is 1. The van der Waals surface area contributed by atoms with Crippen molar-refractivity contribution in [3.8, 4) is 0 Å². The Kier molecular flexibility index (Phi) is 36.9. The molecular weight excluding hydrogens is 582 g/mol. The van der Waals surface area contributed by atoms with Crippen molar-refractivity contribution in [1.82, 2.24) is 4.90 Å². The summed E-state index contributed by atoms with van der Waals surface area (Å²) in [6.07, 6.45) is 35.8. The second-order valence-electron chi connectivity index (χ2n) is 14.3. The van der Waals surface area contributed by atoms with E-state index in [4.69, 9.17) is 9.47 Å². The SMILES string of the molecule is C=C(CCCCCCCN(CCCO)CCCCCCCC(=O)OC(CCCC)CCCCCCCC)OCCCCCCCCC. The molecule has 0 saturated heterocycles. The molecule has 5 heteroatoms. The fourth-order valence-corrected chi connectivity index (χ4v) is 6.39. The van der Waals surface area contributed by atoms with Crippen LogP contribution in [-0.4, -0.2) is 54.9 Å². The van der Waals surface area contributed by atoms with Crippen LogP contribution in [0.4, 0.5) is 0 Å². The van der Waals surface area contributed by atoms with Crippen LogP contribution in [0, 0.1) is 0 Å². The Bertz CT molecular complexity index is 655. The Balaban J connectivity index is 3.88. The lowest BCUT2D eigenvalue weighted by Crippen LogP contribution is -2.27. The van der Waals surface area contributed by atoms with Gasteiger partial charge in [-0.3, -0.25) is 4.79 Å². The molecular formula is C42H83NO4. The molecule has 0 aromatic rings. The lowest BCUT2D eigenvalue weighted by Gasteiger charge is -2.22. The zero-order valence-corrected chi connectivity index (χ0v) is 32.2. The summed E-state index contributed by atoms with van der Waals surface area (Å²) in [5.74, 6) is 0.991. The molecule has 0 spiro atoms. The van der Waals surface area contributed by atoms with Crippen molar-refractivity contribution in [3.63, 3.8) is 0 Å². The van der Waals surface area contributed by atoms with E-state index in [0.29, 0.717) is 6.42 Å². The first-order valence-corrected chi connectivity index (χ1v) is 20.9. The van der Waals surface area contributed by atoms with Crippen LogP contribution < -0.4 is 0 Å². The number of hydrogen-bond donors (Lipinski definition) is 1. The van der Waals surface area contributed by atoms with Crippen molar-refractivity contribution < 1.29 is 19.4 Å². The molecule has 0 fully saturated rings. The van der Waals surface area contributed by atoms with Crippen molar-refractivity contribution in [1.29, 1.82) is 0 Å². The first-order valence-electron chi connectivity index (χ1n) is 20.9. The summed E-state index contributed by atoms with van der Waals surface area (Å²) in [6, 6.07) is 0. The maximum atomic E-state index is 12.5. The molecule has 47 heavy (non-hydrogen) atoms. The maximum absolute atomic E-state index is 12.5. The Hall–Kier alpha value is -1.07. The molecule has 1 unspecified atom stereocenters. The quantitative estimate of drug-likeness (QED) is 0.0402. The van der Waals surface area contributed by atoms with Crippen LogP contribution in [0.25, 0.3) is 0 Å². The molecule has 0 bridgehead atoms. The summed E-state index contributed by atoms with van der Waals surface area (Å²) < 4.78 is 11.8. The number of aliphatic hydroxyl groups excluding tert-OH is 1. The normalized spacial score (nSPS) is 12.1. The van der Waals surface area contributed by atoms with E-state index in [0.717, 1.165) is 89.8 Å². The van der Waals surface area contributed by atoms with Crippen LogP contribution in [0.1, 0.15) is 213 Å². The molecule has 0 aliphatic rings. The molecule has 0 amide bonds. The molecule has 1 N–H and O–H groups in total. The first kappa shape index (κ1) is 45.9. The van der Waals surface area contributed by atoms with Crippen LogP contribution >= 0.6 is 0 Å². The fourth-order valence-electron chi connectivity index (χ4n) is 6.39. The fraction of sp³-hybridized carbons (Fsp3) is 0.929. The number of ether oxygens (including phenoxy) is 2. The Morgan fingerprint density at radius 3 is 1.57 bits per heavy atom. The standard InChI is InChI=1S/C42H83NO4/c1-5-8-11-13-15-23-29-39-46-40(4)31-24-18-16-21-27-35-43(37-30-38-44)36-28-22-17-20-26-34-42(45)47-41(32-10-7-3)33-25-19-14-12-9-6-2/h41,44H,4-39H2,1-3H3. The highest BCUT2D eigenvalue weighted by atomic mass is 16.5. The van der Waals surface area contributed by atoms with Gasteiger partial charge in [0.05, 0.1) is 12.4 Å². The Labute approximate surface area is 294 Å². The van der Waals surface area contributed by atoms with Crippen molar-refractivity contribution in [2.45, 2.75) is 219 Å². The molecule has 0 aliphatic carbocycles. The number of unbranched alkanes of at least 4 members (excludes halogenated alkanes) is 20. The van der Waals surface area contributed by atoms with Crippen LogP contribution in [0.15, 0.2) is 12.3 Å². The van der Waals surface area contributed by atoms with E-state index in [9.17, 15) is 9.90 Å². The number of aliphatic hydroxyl groups is 1. The molecule has 0 radical (unpaired) electrons. The molecule has 1 atom stereocenters. The van der Waals surface area contributed by atoms with Crippen molar-refractivity contribution >= 4 is 5.97 Å². The molecule has 0 aliphatic heterocycles. The number of hydrogen-bond acceptors (Lipinski definition) is 5. The minimum Gasteiger partial charge on any atom is -0.499 e. The molecule has 0 heterocycles. The lowest BCUT2D eigenvalue weighted by atomic mass is 10.0. The van der Waals surface area contributed by atoms with Crippen LogP contribution in [0.2, 0.25) is 0 Å². The van der Waals surface area contributed by atoms with Gasteiger partial charge in [-0.05, 0) is 70.9 Å². The molecule has 5 nitrogen and oxygen atoms in total. The van der Waals surface area contributed by atoms with Gasteiger partial charge in [-0.2, -0.15) is 0 Å². The first-order chi connectivity index (χ1) is 23.1. The van der Waals surface area contributed by atoms with E-state index in [2.05, 4.69) is 32.3 Å². The number of esters is 1. The summed E-state index contributed by atoms with van der Waals surface area (Å²) in [5, 5.41) is 9.36. The number of nitrogens with zero attached hydrogens (tertiary/aromatic N) is 1. The smallest absolute Gasteiger partial charge is 0.306 e. The van der Waals surface area contributed by atoms with E-state index in [-0.39, 0.29) is 18.7 Å². The highest BCUT2D eigenvalue weighted by Crippen LogP contribution is 2.17. The van der Waals surface area contributed by atoms with Crippen molar-refractivity contribution in [2.24, 2.45) is 0 Å². The van der Waals surface area contributed by atoms with Gasteiger partial charge >= 0.3 is 5.97 Å². The largest absolute Gasteiger partial charge is 0.499 e. The summed E-state index contributed by atoms with van der Waals surface area (Å²) in [6.45, 7) is 15.2. The highest BCUT2D eigenvalue weighted by molar-refractivity contribution is 5.69. The van der Waals surface area contributed by atoms with Gasteiger partial charge in [0.1, 0.15) is 6.10 Å². The number of rotatable bonds is 39. The Morgan fingerprint density at radius 2 is 1.00 bits per heavy atom. The summed E-state index contributed by atoms with van der Waals surface area (Å²) in [4.78, 5) is 15.1. The van der Waals surface area contributed by atoms with E-state index >= 15 is 0 Å². The predicted molar refractivity (Wildman–Crippen MR) is 204 cm³/mol. The minimum absolute atomic E-state index is 0.0179. The minimum atomic E-state index is 0.0179. The van der Waals surface area contributed by atoms with Crippen LogP contribution in [0.3, 0.4) is 0 Å². The zero-order chi connectivity index (χ0) is 34.5. The van der Waals surface area contributed by atoms with Gasteiger partial charge in [0.2, 0.25) is 0 Å². The van der Waals surface area contributed by atoms with Gasteiger partial charge in [0, 0.05) is 26.0 Å². The van der Waals surface area contributed by atoms with E-state index in [1.807, 2.05) is 0 Å². The maximum Gasteiger partial charge on any atom is 0.306 e. The average molecular weight is 666 g/mol. The molecule has 280 valence electrons. The van der Waals surface area contributed by atoms with Gasteiger partial charge in [-0.25, -0.2) is 0 Å². The monoisotopic (exact) mass is 666 g/mol. The highest BCUT2D eigenvalue weighted by Gasteiger charge is 2.14. The molecule has 0 aromatic carbocycles. The summed E-state index contributed by atoms with van der Waals surface area (Å²) in [7, 11) is 0. The van der Waals surface area contributed by atoms with Gasteiger partial charge in [0.25, 0.3) is 0 Å². The van der Waals surface area contributed by atoms with Gasteiger partial charge in [-0.15, -0.1) is 0 Å². The third-order valence-corrected chi connectivity index (χ3v) is 9.53. The van der Waals surface area contributed by atoms with Gasteiger partial charge in [0.15, 0.2) is 0 Å². The summed E-state index contributed by atoms with van der Waals surface area (Å²) in [5.41, 5.74) is 0. The summed E-state index contributed by atoms with van der Waals surface area (Å²) >= 11 is 0. The van der Waals surface area contributed by atoms with Gasteiger partial charge in [-0.1, -0.05) is 149 Å². The molecule has 0 rings (SSSR count). The second-order valence-corrected chi connectivity index (χ2v) is 14.3. The zero-order valence-electron chi connectivity index (χ0n) is 32.2. The molecule has 0 saturated carbocycles. The van der Waals surface area contributed by atoms with E-state index in [1.54, 1.807) is 0 Å². The second kappa shape index (κ2) is 37.7. The third kappa shape index (κ3) is 34.6. The molecule has 0 aromatic heterocycles.